The maximum absolute atomic E-state index is 6.70. The molecule has 3 aromatic heterocycles. The van der Waals surface area contributed by atoms with Crippen LogP contribution in [0.2, 0.25) is 0 Å². The van der Waals surface area contributed by atoms with E-state index in [0.717, 1.165) is 50.1 Å². The Morgan fingerprint density at radius 1 is 0.650 bits per heavy atom. The summed E-state index contributed by atoms with van der Waals surface area (Å²) in [6.45, 7) is 15.8. The monoisotopic (exact) mass is 963 g/mol. The average Bonchev–Trinajstić information content (AvgIpc) is 3.87. The fourth-order valence-electron chi connectivity index (χ4n) is 8.08. The van der Waals surface area contributed by atoms with Crippen LogP contribution >= 0.6 is 0 Å². The quantitative estimate of drug-likeness (QED) is 0.107. The molecule has 0 N–H and O–H groups in total. The van der Waals surface area contributed by atoms with Gasteiger partial charge in [0.15, 0.2) is 0 Å². The Balaban J connectivity index is 0.00000499. The molecule has 0 saturated carbocycles. The molecule has 9 rings (SSSR count). The zero-order valence-electron chi connectivity index (χ0n) is 35.1. The van der Waals surface area contributed by atoms with Gasteiger partial charge in [-0.25, -0.2) is 4.98 Å². The summed E-state index contributed by atoms with van der Waals surface area (Å²) in [5, 5.41) is 2.22. The van der Waals surface area contributed by atoms with Crippen LogP contribution in [0.4, 0.5) is 0 Å². The summed E-state index contributed by atoms with van der Waals surface area (Å²) in [6, 6.07) is 54.1. The fourth-order valence-corrected chi connectivity index (χ4v) is 8.08. The third-order valence-corrected chi connectivity index (χ3v) is 11.2. The summed E-state index contributed by atoms with van der Waals surface area (Å²) in [7, 11) is 0. The molecule has 0 unspecified atom stereocenters. The van der Waals surface area contributed by atoms with Crippen LogP contribution in [-0.4, -0.2) is 14.1 Å². The van der Waals surface area contributed by atoms with Crippen LogP contribution in [0.1, 0.15) is 77.0 Å². The average molecular weight is 964 g/mol. The molecule has 0 aliphatic heterocycles. The molecule has 6 aromatic carbocycles. The number of fused-ring (bicyclic) bond motifs is 3. The molecule has 5 nitrogen and oxygen atoms in total. The number of hydrogen-bond donors (Lipinski definition) is 0. The van der Waals surface area contributed by atoms with Crippen molar-refractivity contribution >= 4 is 21.8 Å². The molecule has 0 fully saturated rings. The summed E-state index contributed by atoms with van der Waals surface area (Å²) in [4.78, 5) is 4.85. The second kappa shape index (κ2) is 16.6. The normalized spacial score (nSPS) is 11.8. The minimum absolute atomic E-state index is 0. The molecular weight excluding hydrogens is 916 g/mol. The second-order valence-corrected chi connectivity index (χ2v) is 17.0. The molecule has 60 heavy (non-hydrogen) atoms. The Bertz CT molecular complexity index is 2920. The van der Waals surface area contributed by atoms with Gasteiger partial charge in [-0.15, -0.1) is 35.2 Å². The second-order valence-electron chi connectivity index (χ2n) is 17.0. The Morgan fingerprint density at radius 3 is 2.08 bits per heavy atom. The van der Waals surface area contributed by atoms with Crippen molar-refractivity contribution in [1.82, 2.24) is 14.1 Å². The molecule has 3 heterocycles. The van der Waals surface area contributed by atoms with Gasteiger partial charge in [0.05, 0.1) is 5.69 Å². The number of rotatable bonds is 9. The van der Waals surface area contributed by atoms with Crippen LogP contribution in [0.5, 0.6) is 11.5 Å². The molecule has 0 atom stereocenters. The topological polar surface area (TPSA) is 35.9 Å². The smallest absolute Gasteiger partial charge is 0.267 e. The van der Waals surface area contributed by atoms with E-state index in [1.165, 1.54) is 27.8 Å². The van der Waals surface area contributed by atoms with Crippen molar-refractivity contribution in [2.24, 2.45) is 0 Å². The molecule has 0 radical (unpaired) electrons. The number of hydrogen-bond acceptors (Lipinski definition) is 2. The number of ether oxygens (including phenoxy) is 1. The van der Waals surface area contributed by atoms with E-state index in [1.54, 1.807) is 0 Å². The summed E-state index contributed by atoms with van der Waals surface area (Å²) in [6.07, 6.45) is 9.48. The minimum Gasteiger partial charge on any atom is -0.510 e. The van der Waals surface area contributed by atoms with Crippen LogP contribution in [0.3, 0.4) is 0 Å². The number of benzene rings is 6. The molecule has 302 valence electrons. The van der Waals surface area contributed by atoms with E-state index in [-0.39, 0.29) is 26.5 Å². The standard InChI is InChI=1S/C54H48N4O.Pt/c1-36(2)46-17-13-18-47(37(3)4)53(46)39-20-22-42(23-21-39)56-28-29-57(35-56)43-30-40(38-14-9-8-10-15-38)31-45(33-43)59-44-24-25-49-48-16-11-12-19-50(48)58(51(49)34-44)52-32-41(26-27-55-52)54(5,6)7;/h8-32,36-37H,1-7H3;/q-2;. The van der Waals surface area contributed by atoms with E-state index >= 15 is 0 Å². The van der Waals surface area contributed by atoms with Gasteiger partial charge < -0.3 is 13.9 Å². The van der Waals surface area contributed by atoms with Gasteiger partial charge in [-0.3, -0.25) is 4.57 Å². The summed E-state index contributed by atoms with van der Waals surface area (Å²) in [5.41, 5.74) is 12.4. The molecule has 0 spiro atoms. The SMILES string of the molecule is CC(C)c1cccc(C(C)C)c1-c1ccc(-[n+]2[c-]n(-c3[c-]c(Oc4[c-]c5c(cc4)c4ccccc4n5-c4cc(C(C)(C)C)ccn4)cc(-c4ccccc4)c3)cc2)cc1.[Pt]. The molecule has 0 aliphatic rings. The third kappa shape index (κ3) is 7.87. The summed E-state index contributed by atoms with van der Waals surface area (Å²) >= 11 is 0. The van der Waals surface area contributed by atoms with Crippen molar-refractivity contribution in [3.8, 4) is 50.9 Å². The maximum atomic E-state index is 6.70. The molecule has 0 amide bonds. The number of aromatic nitrogens is 4. The van der Waals surface area contributed by atoms with Gasteiger partial charge in [0, 0.05) is 56.7 Å². The summed E-state index contributed by atoms with van der Waals surface area (Å²) < 4.78 is 12.9. The number of pyridine rings is 1. The first kappa shape index (κ1) is 40.7. The first-order chi connectivity index (χ1) is 28.5. The van der Waals surface area contributed by atoms with Crippen molar-refractivity contribution in [3.63, 3.8) is 0 Å². The maximum Gasteiger partial charge on any atom is 0.267 e. The van der Waals surface area contributed by atoms with Crippen molar-refractivity contribution in [3.05, 3.63) is 187 Å². The van der Waals surface area contributed by atoms with Crippen LogP contribution in [0.15, 0.2) is 152 Å². The van der Waals surface area contributed by atoms with E-state index in [9.17, 15) is 0 Å². The molecule has 6 heteroatoms. The van der Waals surface area contributed by atoms with Crippen LogP contribution < -0.4 is 9.30 Å². The minimum atomic E-state index is -0.0232. The van der Waals surface area contributed by atoms with Crippen LogP contribution in [0.25, 0.3) is 61.3 Å². The molecule has 0 saturated heterocycles. The fraction of sp³-hybridized carbons (Fsp3) is 0.185. The third-order valence-electron chi connectivity index (χ3n) is 11.2. The van der Waals surface area contributed by atoms with Gasteiger partial charge in [0.1, 0.15) is 5.82 Å². The van der Waals surface area contributed by atoms with Gasteiger partial charge in [-0.2, -0.15) is 12.1 Å². The Kier molecular flexibility index (Phi) is 11.2. The van der Waals surface area contributed by atoms with Crippen molar-refractivity contribution in [2.45, 2.75) is 65.7 Å². The van der Waals surface area contributed by atoms with Gasteiger partial charge in [0.25, 0.3) is 6.33 Å². The van der Waals surface area contributed by atoms with Gasteiger partial charge in [0.2, 0.25) is 0 Å². The number of para-hydroxylation sites is 1. The van der Waals surface area contributed by atoms with Gasteiger partial charge in [-0.1, -0.05) is 133 Å². The predicted molar refractivity (Wildman–Crippen MR) is 240 cm³/mol. The first-order valence-corrected chi connectivity index (χ1v) is 20.5. The van der Waals surface area contributed by atoms with E-state index in [0.29, 0.717) is 23.3 Å². The zero-order valence-corrected chi connectivity index (χ0v) is 37.4. The van der Waals surface area contributed by atoms with E-state index in [2.05, 4.69) is 187 Å². The van der Waals surface area contributed by atoms with Crippen molar-refractivity contribution < 1.29 is 30.4 Å². The largest absolute Gasteiger partial charge is 0.510 e. The van der Waals surface area contributed by atoms with Crippen LogP contribution in [0, 0.1) is 18.5 Å². The Morgan fingerprint density at radius 2 is 1.37 bits per heavy atom. The van der Waals surface area contributed by atoms with Crippen molar-refractivity contribution in [1.29, 1.82) is 0 Å². The van der Waals surface area contributed by atoms with Gasteiger partial charge in [-0.05, 0) is 92.0 Å². The zero-order chi connectivity index (χ0) is 40.8. The molecular formula is C54H48N4OPt-2. The predicted octanol–water partition coefficient (Wildman–Crippen LogP) is 13.3. The Labute approximate surface area is 368 Å². The molecule has 9 aromatic rings. The molecule has 0 aliphatic carbocycles. The molecule has 0 bridgehead atoms. The van der Waals surface area contributed by atoms with E-state index in [1.807, 2.05) is 45.9 Å². The van der Waals surface area contributed by atoms with Crippen molar-refractivity contribution in [2.75, 3.05) is 0 Å². The summed E-state index contributed by atoms with van der Waals surface area (Å²) in [5.74, 6) is 2.88. The van der Waals surface area contributed by atoms with Gasteiger partial charge >= 0.3 is 0 Å². The number of imidazole rings is 1. The Hall–Kier alpha value is -6.03. The first-order valence-electron chi connectivity index (χ1n) is 20.5. The van der Waals surface area contributed by atoms with Crippen LogP contribution in [-0.2, 0) is 26.5 Å². The van der Waals surface area contributed by atoms with E-state index in [4.69, 9.17) is 9.72 Å². The van der Waals surface area contributed by atoms with E-state index < -0.39 is 0 Å². The number of nitrogens with zero attached hydrogens (tertiary/aromatic N) is 4.